The van der Waals surface area contributed by atoms with Crippen LogP contribution in [0.25, 0.3) is 0 Å². The molecule has 0 radical (unpaired) electrons. The van der Waals surface area contributed by atoms with Crippen LogP contribution in [0.4, 0.5) is 0 Å². The molecule has 1 aliphatic rings. The Balaban J connectivity index is 1.89. The van der Waals surface area contributed by atoms with E-state index in [1.807, 2.05) is 30.3 Å². The van der Waals surface area contributed by atoms with Crippen molar-refractivity contribution in [3.05, 3.63) is 40.6 Å². The summed E-state index contributed by atoms with van der Waals surface area (Å²) in [6, 6.07) is 7.73. The van der Waals surface area contributed by atoms with Crippen molar-refractivity contribution < 1.29 is 14.2 Å². The van der Waals surface area contributed by atoms with Crippen molar-refractivity contribution in [3.8, 4) is 5.75 Å². The molecule has 0 spiro atoms. The molecule has 0 aromatic heterocycles. The normalized spacial score (nSPS) is 19.4. The Labute approximate surface area is 109 Å². The number of halogens is 1. The SMILES string of the molecule is COC1C=C(COc2ccc(Br)cc2)OCC1. The Morgan fingerprint density at radius 2 is 2.12 bits per heavy atom. The van der Waals surface area contributed by atoms with Gasteiger partial charge in [0.2, 0.25) is 0 Å². The number of benzene rings is 1. The molecule has 0 N–H and O–H groups in total. The van der Waals surface area contributed by atoms with E-state index >= 15 is 0 Å². The molecule has 1 unspecified atom stereocenters. The Morgan fingerprint density at radius 1 is 1.35 bits per heavy atom. The molecule has 0 aliphatic carbocycles. The zero-order chi connectivity index (χ0) is 12.1. The number of hydrogen-bond donors (Lipinski definition) is 0. The van der Waals surface area contributed by atoms with Crippen LogP contribution in [0.5, 0.6) is 5.75 Å². The van der Waals surface area contributed by atoms with E-state index in [-0.39, 0.29) is 6.10 Å². The fraction of sp³-hybridized carbons (Fsp3) is 0.385. The van der Waals surface area contributed by atoms with Gasteiger partial charge in [0.15, 0.2) is 0 Å². The molecule has 2 rings (SSSR count). The van der Waals surface area contributed by atoms with Crippen molar-refractivity contribution in [2.24, 2.45) is 0 Å². The highest BCUT2D eigenvalue weighted by molar-refractivity contribution is 9.10. The lowest BCUT2D eigenvalue weighted by molar-refractivity contribution is 0.0657. The van der Waals surface area contributed by atoms with E-state index in [1.54, 1.807) is 7.11 Å². The largest absolute Gasteiger partial charge is 0.494 e. The van der Waals surface area contributed by atoms with Gasteiger partial charge < -0.3 is 14.2 Å². The summed E-state index contributed by atoms with van der Waals surface area (Å²) in [5.41, 5.74) is 0. The van der Waals surface area contributed by atoms with Crippen LogP contribution in [0.1, 0.15) is 6.42 Å². The van der Waals surface area contributed by atoms with Crippen molar-refractivity contribution in [3.63, 3.8) is 0 Å². The molecule has 1 atom stereocenters. The van der Waals surface area contributed by atoms with E-state index in [2.05, 4.69) is 15.9 Å². The van der Waals surface area contributed by atoms with Gasteiger partial charge in [0.05, 0.1) is 12.7 Å². The summed E-state index contributed by atoms with van der Waals surface area (Å²) in [6.07, 6.45) is 3.02. The molecule has 0 bridgehead atoms. The molecule has 1 aromatic rings. The summed E-state index contributed by atoms with van der Waals surface area (Å²) in [5, 5.41) is 0. The summed E-state index contributed by atoms with van der Waals surface area (Å²) >= 11 is 3.38. The third-order valence-corrected chi connectivity index (χ3v) is 3.09. The van der Waals surface area contributed by atoms with Gasteiger partial charge in [-0.1, -0.05) is 15.9 Å². The second-order valence-electron chi connectivity index (χ2n) is 3.79. The molecule has 0 fully saturated rings. The summed E-state index contributed by atoms with van der Waals surface area (Å²) < 4.78 is 17.4. The van der Waals surface area contributed by atoms with Gasteiger partial charge in [0.1, 0.15) is 18.1 Å². The van der Waals surface area contributed by atoms with Gasteiger partial charge in [0, 0.05) is 18.0 Å². The van der Waals surface area contributed by atoms with E-state index in [0.717, 1.165) is 22.4 Å². The van der Waals surface area contributed by atoms with Crippen molar-refractivity contribution >= 4 is 15.9 Å². The quantitative estimate of drug-likeness (QED) is 0.855. The van der Waals surface area contributed by atoms with Gasteiger partial charge in [0.25, 0.3) is 0 Å². The maximum atomic E-state index is 5.62. The van der Waals surface area contributed by atoms with E-state index in [1.165, 1.54) is 0 Å². The molecule has 0 saturated carbocycles. The first-order valence-corrected chi connectivity index (χ1v) is 6.32. The zero-order valence-electron chi connectivity index (χ0n) is 9.69. The highest BCUT2D eigenvalue weighted by Gasteiger charge is 2.13. The van der Waals surface area contributed by atoms with E-state index in [9.17, 15) is 0 Å². The predicted molar refractivity (Wildman–Crippen MR) is 69.1 cm³/mol. The molecule has 17 heavy (non-hydrogen) atoms. The molecule has 1 heterocycles. The molecular formula is C13H15BrO3. The Kier molecular flexibility index (Phi) is 4.45. The molecule has 92 valence electrons. The van der Waals surface area contributed by atoms with Crippen LogP contribution in [0.15, 0.2) is 40.6 Å². The second-order valence-corrected chi connectivity index (χ2v) is 4.70. The Morgan fingerprint density at radius 3 is 2.82 bits per heavy atom. The van der Waals surface area contributed by atoms with Gasteiger partial charge in [-0.2, -0.15) is 0 Å². The predicted octanol–water partition coefficient (Wildman–Crippen LogP) is 3.15. The average molecular weight is 299 g/mol. The smallest absolute Gasteiger partial charge is 0.145 e. The van der Waals surface area contributed by atoms with Crippen LogP contribution in [0.2, 0.25) is 0 Å². The lowest BCUT2D eigenvalue weighted by Crippen LogP contribution is -2.20. The maximum absolute atomic E-state index is 5.62. The highest BCUT2D eigenvalue weighted by atomic mass is 79.9. The number of methoxy groups -OCH3 is 1. The first-order chi connectivity index (χ1) is 8.28. The minimum Gasteiger partial charge on any atom is -0.494 e. The lowest BCUT2D eigenvalue weighted by Gasteiger charge is -2.21. The minimum atomic E-state index is 0.146. The number of ether oxygens (including phenoxy) is 3. The van der Waals surface area contributed by atoms with Crippen LogP contribution in [-0.4, -0.2) is 26.4 Å². The van der Waals surface area contributed by atoms with E-state index < -0.39 is 0 Å². The monoisotopic (exact) mass is 298 g/mol. The fourth-order valence-electron chi connectivity index (χ4n) is 1.61. The molecule has 1 aliphatic heterocycles. The van der Waals surface area contributed by atoms with Crippen LogP contribution < -0.4 is 4.74 Å². The summed E-state index contributed by atoms with van der Waals surface area (Å²) in [5.74, 6) is 1.67. The van der Waals surface area contributed by atoms with Gasteiger partial charge in [-0.15, -0.1) is 0 Å². The average Bonchev–Trinajstić information content (AvgIpc) is 2.38. The fourth-order valence-corrected chi connectivity index (χ4v) is 1.87. The molecular weight excluding hydrogens is 284 g/mol. The van der Waals surface area contributed by atoms with Gasteiger partial charge >= 0.3 is 0 Å². The van der Waals surface area contributed by atoms with Gasteiger partial charge in [-0.05, 0) is 30.3 Å². The molecule has 3 nitrogen and oxygen atoms in total. The van der Waals surface area contributed by atoms with Crippen LogP contribution in [-0.2, 0) is 9.47 Å². The molecule has 0 amide bonds. The van der Waals surface area contributed by atoms with Gasteiger partial charge in [-0.3, -0.25) is 0 Å². The summed E-state index contributed by atoms with van der Waals surface area (Å²) in [7, 11) is 1.71. The number of rotatable bonds is 4. The van der Waals surface area contributed by atoms with E-state index in [4.69, 9.17) is 14.2 Å². The van der Waals surface area contributed by atoms with Crippen molar-refractivity contribution in [1.82, 2.24) is 0 Å². The summed E-state index contributed by atoms with van der Waals surface area (Å²) in [6.45, 7) is 1.13. The highest BCUT2D eigenvalue weighted by Crippen LogP contribution is 2.18. The molecule has 4 heteroatoms. The van der Waals surface area contributed by atoms with Gasteiger partial charge in [-0.25, -0.2) is 0 Å². The second kappa shape index (κ2) is 6.07. The van der Waals surface area contributed by atoms with Crippen molar-refractivity contribution in [2.45, 2.75) is 12.5 Å². The first kappa shape index (κ1) is 12.5. The van der Waals surface area contributed by atoms with E-state index in [0.29, 0.717) is 13.2 Å². The first-order valence-electron chi connectivity index (χ1n) is 5.52. The third kappa shape index (κ3) is 3.75. The van der Waals surface area contributed by atoms with Crippen LogP contribution >= 0.6 is 15.9 Å². The van der Waals surface area contributed by atoms with Crippen LogP contribution in [0, 0.1) is 0 Å². The van der Waals surface area contributed by atoms with Crippen LogP contribution in [0.3, 0.4) is 0 Å². The molecule has 0 saturated heterocycles. The third-order valence-electron chi connectivity index (χ3n) is 2.56. The zero-order valence-corrected chi connectivity index (χ0v) is 11.3. The lowest BCUT2D eigenvalue weighted by atomic mass is 10.2. The Bertz CT molecular complexity index is 386. The standard InChI is InChI=1S/C13H15BrO3/c1-15-12-6-7-16-13(8-12)9-17-11-4-2-10(14)3-5-11/h2-5,8,12H,6-7,9H2,1H3. The Hall–Kier alpha value is -1.00. The summed E-state index contributed by atoms with van der Waals surface area (Å²) in [4.78, 5) is 0. The van der Waals surface area contributed by atoms with Crippen molar-refractivity contribution in [1.29, 1.82) is 0 Å². The topological polar surface area (TPSA) is 27.7 Å². The minimum absolute atomic E-state index is 0.146. The molecule has 1 aromatic carbocycles. The van der Waals surface area contributed by atoms with Crippen molar-refractivity contribution in [2.75, 3.05) is 20.3 Å². The maximum Gasteiger partial charge on any atom is 0.145 e. The number of hydrogen-bond acceptors (Lipinski definition) is 3.